The molecule has 0 aliphatic carbocycles. The van der Waals surface area contributed by atoms with Crippen LogP contribution in [0.4, 0.5) is 17.1 Å². The molecule has 1 heterocycles. The highest BCUT2D eigenvalue weighted by Crippen LogP contribution is 2.48. The van der Waals surface area contributed by atoms with Gasteiger partial charge in [0.05, 0.1) is 22.4 Å². The lowest BCUT2D eigenvalue weighted by molar-refractivity contribution is 0.590. The molecule has 0 atom stereocenters. The molecule has 11 rings (SSSR count). The first kappa shape index (κ1) is 38.9. The van der Waals surface area contributed by atoms with Crippen LogP contribution in [0.25, 0.3) is 82.8 Å². The van der Waals surface area contributed by atoms with Crippen LogP contribution < -0.4 is 4.90 Å². The molecule has 0 fully saturated rings. The van der Waals surface area contributed by atoms with Gasteiger partial charge in [-0.2, -0.15) is 0 Å². The fourth-order valence-electron chi connectivity index (χ4n) is 9.58. The van der Waals surface area contributed by atoms with Crippen LogP contribution in [0.15, 0.2) is 237 Å². The van der Waals surface area contributed by atoms with Gasteiger partial charge in [-0.25, -0.2) is 0 Å². The average Bonchev–Trinajstić information content (AvgIpc) is 3.68. The summed E-state index contributed by atoms with van der Waals surface area (Å²) >= 11 is 0. The first-order valence-corrected chi connectivity index (χ1v) is 22.3. The van der Waals surface area contributed by atoms with Crippen LogP contribution in [0.1, 0.15) is 26.3 Å². The molecule has 0 bridgehead atoms. The van der Waals surface area contributed by atoms with Gasteiger partial charge in [-0.1, -0.05) is 209 Å². The largest absolute Gasteiger partial charge is 0.309 e. The highest BCUT2D eigenvalue weighted by atomic mass is 15.1. The van der Waals surface area contributed by atoms with Crippen molar-refractivity contribution in [3.05, 3.63) is 242 Å². The van der Waals surface area contributed by atoms with E-state index in [1.165, 1.54) is 77.1 Å². The maximum atomic E-state index is 2.50. The minimum absolute atomic E-state index is 0.0694. The Bertz CT molecular complexity index is 3440. The fourth-order valence-corrected chi connectivity index (χ4v) is 9.58. The molecule has 2 nitrogen and oxygen atoms in total. The Labute approximate surface area is 376 Å². The van der Waals surface area contributed by atoms with E-state index in [9.17, 15) is 0 Å². The van der Waals surface area contributed by atoms with Crippen molar-refractivity contribution in [2.24, 2.45) is 0 Å². The highest BCUT2D eigenvalue weighted by molar-refractivity contribution is 6.11. The Morgan fingerprint density at radius 2 is 0.938 bits per heavy atom. The highest BCUT2D eigenvalue weighted by Gasteiger charge is 2.25. The van der Waals surface area contributed by atoms with Gasteiger partial charge < -0.3 is 9.47 Å². The lowest BCUT2D eigenvalue weighted by Crippen LogP contribution is -2.16. The molecule has 0 spiro atoms. The second kappa shape index (κ2) is 16.1. The number of aromatic nitrogens is 1. The van der Waals surface area contributed by atoms with Gasteiger partial charge in [-0.15, -0.1) is 0 Å². The zero-order valence-corrected chi connectivity index (χ0v) is 36.4. The van der Waals surface area contributed by atoms with E-state index in [1.54, 1.807) is 0 Å². The van der Waals surface area contributed by atoms with Crippen LogP contribution in [-0.2, 0) is 5.41 Å². The van der Waals surface area contributed by atoms with Crippen LogP contribution in [0.3, 0.4) is 0 Å². The Balaban J connectivity index is 1.13. The van der Waals surface area contributed by atoms with Crippen LogP contribution in [0, 0.1) is 0 Å². The summed E-state index contributed by atoms with van der Waals surface area (Å²) in [6.07, 6.45) is 0. The number of hydrogen-bond donors (Lipinski definition) is 0. The average molecular weight is 821 g/mol. The molecule has 1 aromatic heterocycles. The molecule has 10 aromatic carbocycles. The maximum Gasteiger partial charge on any atom is 0.0547 e. The van der Waals surface area contributed by atoms with Crippen LogP contribution in [-0.4, -0.2) is 4.57 Å². The molecule has 0 aliphatic heterocycles. The summed E-state index contributed by atoms with van der Waals surface area (Å²) in [6.45, 7) is 6.91. The lowest BCUT2D eigenvalue weighted by Gasteiger charge is -2.32. The molecule has 0 amide bonds. The van der Waals surface area contributed by atoms with Crippen molar-refractivity contribution in [3.8, 4) is 50.2 Å². The summed E-state index contributed by atoms with van der Waals surface area (Å²) in [5, 5.41) is 4.96. The quantitative estimate of drug-likeness (QED) is 0.148. The number of rotatable bonds is 8. The second-order valence-corrected chi connectivity index (χ2v) is 17.7. The Kier molecular flexibility index (Phi) is 9.78. The molecular weight excluding hydrogens is 773 g/mol. The SMILES string of the molecule is CC(C)(C)c1ccc(-c2ccccc2)c(N(c2ccc(-c3ccc4c5ccccc5n(-c5ccccc5)c4c3)cc2)c2ccccc2-c2cccc3cccc(-c4ccccc4)c23)c1. The molecular formula is C62H48N2. The van der Waals surface area contributed by atoms with E-state index in [1.807, 2.05) is 0 Å². The predicted molar refractivity (Wildman–Crippen MR) is 273 cm³/mol. The van der Waals surface area contributed by atoms with Gasteiger partial charge in [0.25, 0.3) is 0 Å². The second-order valence-electron chi connectivity index (χ2n) is 17.7. The first-order chi connectivity index (χ1) is 31.4. The fraction of sp³-hybridized carbons (Fsp3) is 0.0645. The van der Waals surface area contributed by atoms with Crippen LogP contribution in [0.2, 0.25) is 0 Å². The number of benzene rings is 10. The van der Waals surface area contributed by atoms with Crippen molar-refractivity contribution in [3.63, 3.8) is 0 Å². The zero-order valence-electron chi connectivity index (χ0n) is 36.4. The Morgan fingerprint density at radius 1 is 0.359 bits per heavy atom. The van der Waals surface area contributed by atoms with Crippen molar-refractivity contribution < 1.29 is 0 Å². The lowest BCUT2D eigenvalue weighted by atomic mass is 9.85. The third-order valence-electron chi connectivity index (χ3n) is 12.8. The molecule has 0 radical (unpaired) electrons. The molecule has 11 aromatic rings. The van der Waals surface area contributed by atoms with Crippen molar-refractivity contribution >= 4 is 49.6 Å². The first-order valence-electron chi connectivity index (χ1n) is 22.3. The number of para-hydroxylation sites is 3. The third-order valence-corrected chi connectivity index (χ3v) is 12.8. The third kappa shape index (κ3) is 6.94. The van der Waals surface area contributed by atoms with E-state index in [-0.39, 0.29) is 5.41 Å². The number of anilines is 3. The Morgan fingerprint density at radius 3 is 1.66 bits per heavy atom. The van der Waals surface area contributed by atoms with Crippen LogP contribution in [0.5, 0.6) is 0 Å². The summed E-state index contributed by atoms with van der Waals surface area (Å²) in [4.78, 5) is 2.50. The van der Waals surface area contributed by atoms with E-state index >= 15 is 0 Å². The van der Waals surface area contributed by atoms with Gasteiger partial charge in [0.2, 0.25) is 0 Å². The molecule has 2 heteroatoms. The molecule has 0 aliphatic rings. The van der Waals surface area contributed by atoms with E-state index in [2.05, 4.69) is 267 Å². The molecule has 0 unspecified atom stereocenters. The monoisotopic (exact) mass is 820 g/mol. The topological polar surface area (TPSA) is 8.17 Å². The molecule has 64 heavy (non-hydrogen) atoms. The van der Waals surface area contributed by atoms with Crippen LogP contribution >= 0.6 is 0 Å². The van der Waals surface area contributed by atoms with Crippen molar-refractivity contribution in [1.29, 1.82) is 0 Å². The van der Waals surface area contributed by atoms with Gasteiger partial charge in [0, 0.05) is 33.3 Å². The summed E-state index contributed by atoms with van der Waals surface area (Å²) < 4.78 is 2.39. The normalized spacial score (nSPS) is 11.7. The summed E-state index contributed by atoms with van der Waals surface area (Å²) in [7, 11) is 0. The summed E-state index contributed by atoms with van der Waals surface area (Å²) in [5.74, 6) is 0. The van der Waals surface area contributed by atoms with Crippen molar-refractivity contribution in [2.45, 2.75) is 26.2 Å². The number of fused-ring (bicyclic) bond motifs is 4. The van der Waals surface area contributed by atoms with Gasteiger partial charge in [-0.3, -0.25) is 0 Å². The van der Waals surface area contributed by atoms with Gasteiger partial charge in [0.1, 0.15) is 0 Å². The molecule has 0 saturated heterocycles. The predicted octanol–water partition coefficient (Wildman–Crippen LogP) is 17.4. The molecule has 306 valence electrons. The summed E-state index contributed by atoms with van der Waals surface area (Å²) in [6, 6.07) is 86.6. The Hall–Kier alpha value is -7.94. The van der Waals surface area contributed by atoms with E-state index in [0.29, 0.717) is 0 Å². The smallest absolute Gasteiger partial charge is 0.0547 e. The van der Waals surface area contributed by atoms with Gasteiger partial charge >= 0.3 is 0 Å². The standard InChI is InChI=1S/C62H48N2/c1-62(2,3)48-36-40-51(44-19-7-4-8-20-44)60(42-48)64(58-32-16-14-28-54(58)56-30-18-24-46-23-17-29-52(61(46)56)45-21-9-5-10-22-45)50-37-33-43(34-38-50)47-35-39-55-53-27-13-15-31-57(53)63(59(55)41-47)49-25-11-6-12-26-49/h4-42H,1-3H3. The van der Waals surface area contributed by atoms with Gasteiger partial charge in [0.15, 0.2) is 0 Å². The molecule has 0 N–H and O–H groups in total. The van der Waals surface area contributed by atoms with Gasteiger partial charge in [-0.05, 0) is 104 Å². The van der Waals surface area contributed by atoms with Crippen molar-refractivity contribution in [2.75, 3.05) is 4.90 Å². The number of hydrogen-bond acceptors (Lipinski definition) is 1. The summed E-state index contributed by atoms with van der Waals surface area (Å²) in [5.41, 5.74) is 17.6. The van der Waals surface area contributed by atoms with E-state index < -0.39 is 0 Å². The van der Waals surface area contributed by atoms with E-state index in [4.69, 9.17) is 0 Å². The number of nitrogens with zero attached hydrogens (tertiary/aromatic N) is 2. The van der Waals surface area contributed by atoms with E-state index in [0.717, 1.165) is 28.3 Å². The minimum Gasteiger partial charge on any atom is -0.309 e. The minimum atomic E-state index is -0.0694. The van der Waals surface area contributed by atoms with Crippen molar-refractivity contribution in [1.82, 2.24) is 4.57 Å². The zero-order chi connectivity index (χ0) is 43.2. The molecule has 0 saturated carbocycles. The maximum absolute atomic E-state index is 2.50.